The van der Waals surface area contributed by atoms with E-state index in [-0.39, 0.29) is 12.4 Å². The molecular formula is C8H18ClP. The maximum Gasteiger partial charge on any atom is -0.0236 e. The predicted octanol–water partition coefficient (Wildman–Crippen LogP) is 3.30. The third-order valence-electron chi connectivity index (χ3n) is 1.73. The van der Waals surface area contributed by atoms with Crippen LogP contribution in [-0.2, 0) is 0 Å². The van der Waals surface area contributed by atoms with Crippen LogP contribution in [0.3, 0.4) is 0 Å². The summed E-state index contributed by atoms with van der Waals surface area (Å²) in [5.74, 6) is 0.927. The standard InChI is InChI=1S/C8H17P.ClH/c1-7(2)5-6-9-8-3-4-8;/h7-9H,3-6H2,1-2H3;1H. The van der Waals surface area contributed by atoms with Gasteiger partial charge in [-0.1, -0.05) is 13.8 Å². The minimum atomic E-state index is 0. The summed E-state index contributed by atoms with van der Waals surface area (Å²) in [5.41, 5.74) is 1.17. The maximum atomic E-state index is 2.32. The Bertz CT molecular complexity index is 77.3. The Kier molecular flexibility index (Phi) is 5.77. The monoisotopic (exact) mass is 180 g/mol. The first kappa shape index (κ1) is 10.7. The zero-order chi connectivity index (χ0) is 6.69. The maximum absolute atomic E-state index is 2.32. The second-order valence-electron chi connectivity index (χ2n) is 3.41. The van der Waals surface area contributed by atoms with Gasteiger partial charge in [-0.25, -0.2) is 0 Å². The Morgan fingerprint density at radius 2 is 2.00 bits per heavy atom. The van der Waals surface area contributed by atoms with E-state index in [1.54, 1.807) is 0 Å². The Labute approximate surface area is 72.4 Å². The summed E-state index contributed by atoms with van der Waals surface area (Å²) in [4.78, 5) is 0. The highest BCUT2D eigenvalue weighted by atomic mass is 35.5. The molecule has 0 amide bonds. The quantitative estimate of drug-likeness (QED) is 0.583. The molecule has 0 aromatic carbocycles. The second kappa shape index (κ2) is 5.38. The number of halogens is 1. The van der Waals surface area contributed by atoms with Crippen LogP contribution in [0.2, 0.25) is 0 Å². The van der Waals surface area contributed by atoms with Gasteiger partial charge in [-0.15, -0.1) is 21.0 Å². The van der Waals surface area contributed by atoms with Crippen molar-refractivity contribution >= 4 is 21.0 Å². The molecule has 0 nitrogen and oxygen atoms in total. The largest absolute Gasteiger partial charge is 0.147 e. The van der Waals surface area contributed by atoms with Gasteiger partial charge in [-0.3, -0.25) is 0 Å². The Hall–Kier alpha value is 0.720. The highest BCUT2D eigenvalue weighted by molar-refractivity contribution is 7.39. The molecule has 1 saturated carbocycles. The average molecular weight is 181 g/mol. The SMILES string of the molecule is CC(C)CCPC1CC1.Cl. The van der Waals surface area contributed by atoms with Crippen LogP contribution in [0.4, 0.5) is 0 Å². The van der Waals surface area contributed by atoms with Crippen LogP contribution in [0.25, 0.3) is 0 Å². The molecule has 0 radical (unpaired) electrons. The Morgan fingerprint density at radius 3 is 2.40 bits per heavy atom. The van der Waals surface area contributed by atoms with E-state index in [4.69, 9.17) is 0 Å². The molecule has 1 atom stereocenters. The van der Waals surface area contributed by atoms with Crippen LogP contribution in [0.15, 0.2) is 0 Å². The molecule has 1 aliphatic rings. The van der Waals surface area contributed by atoms with Gasteiger partial charge in [-0.2, -0.15) is 0 Å². The highest BCUT2D eigenvalue weighted by Crippen LogP contribution is 2.39. The molecule has 0 aromatic rings. The average Bonchev–Trinajstić information content (AvgIpc) is 2.48. The molecule has 0 heterocycles. The van der Waals surface area contributed by atoms with E-state index >= 15 is 0 Å². The predicted molar refractivity (Wildman–Crippen MR) is 52.9 cm³/mol. The Morgan fingerprint density at radius 1 is 1.40 bits per heavy atom. The summed E-state index contributed by atoms with van der Waals surface area (Å²) in [6, 6.07) is 0. The summed E-state index contributed by atoms with van der Waals surface area (Å²) in [7, 11) is 1.29. The van der Waals surface area contributed by atoms with Crippen LogP contribution in [0.1, 0.15) is 33.1 Å². The van der Waals surface area contributed by atoms with Crippen molar-refractivity contribution in [3.05, 3.63) is 0 Å². The van der Waals surface area contributed by atoms with Crippen molar-refractivity contribution < 1.29 is 0 Å². The van der Waals surface area contributed by atoms with Crippen LogP contribution < -0.4 is 0 Å². The molecule has 62 valence electrons. The minimum absolute atomic E-state index is 0. The summed E-state index contributed by atoms with van der Waals surface area (Å²) < 4.78 is 0. The van der Waals surface area contributed by atoms with Crippen molar-refractivity contribution in [3.63, 3.8) is 0 Å². The molecule has 1 fully saturated rings. The van der Waals surface area contributed by atoms with E-state index in [1.165, 1.54) is 39.7 Å². The normalized spacial score (nSPS) is 18.3. The van der Waals surface area contributed by atoms with Crippen molar-refractivity contribution in [2.24, 2.45) is 5.92 Å². The van der Waals surface area contributed by atoms with Crippen LogP contribution in [0.5, 0.6) is 0 Å². The first-order valence-electron chi connectivity index (χ1n) is 4.02. The molecule has 0 N–H and O–H groups in total. The van der Waals surface area contributed by atoms with Crippen molar-refractivity contribution in [1.29, 1.82) is 0 Å². The van der Waals surface area contributed by atoms with Crippen molar-refractivity contribution in [1.82, 2.24) is 0 Å². The van der Waals surface area contributed by atoms with Crippen LogP contribution >= 0.6 is 21.0 Å². The summed E-state index contributed by atoms with van der Waals surface area (Å²) in [6.45, 7) is 4.63. The molecule has 10 heavy (non-hydrogen) atoms. The van der Waals surface area contributed by atoms with E-state index in [9.17, 15) is 0 Å². The van der Waals surface area contributed by atoms with Crippen molar-refractivity contribution in [3.8, 4) is 0 Å². The zero-order valence-corrected chi connectivity index (χ0v) is 8.71. The molecule has 2 heteroatoms. The van der Waals surface area contributed by atoms with E-state index in [1.807, 2.05) is 0 Å². The van der Waals surface area contributed by atoms with Crippen molar-refractivity contribution in [2.75, 3.05) is 6.16 Å². The zero-order valence-electron chi connectivity index (χ0n) is 6.89. The van der Waals surface area contributed by atoms with E-state index in [2.05, 4.69) is 13.8 Å². The fraction of sp³-hybridized carbons (Fsp3) is 1.00. The Balaban J connectivity index is 0.000000810. The molecule has 0 aliphatic heterocycles. The third kappa shape index (κ3) is 5.50. The summed E-state index contributed by atoms with van der Waals surface area (Å²) in [6.07, 6.45) is 6.03. The molecule has 1 aliphatic carbocycles. The van der Waals surface area contributed by atoms with Gasteiger partial charge in [0, 0.05) is 0 Å². The van der Waals surface area contributed by atoms with Crippen LogP contribution in [0, 0.1) is 5.92 Å². The molecule has 0 bridgehead atoms. The summed E-state index contributed by atoms with van der Waals surface area (Å²) >= 11 is 0. The lowest BCUT2D eigenvalue weighted by molar-refractivity contribution is 0.631. The van der Waals surface area contributed by atoms with E-state index < -0.39 is 0 Å². The lowest BCUT2D eigenvalue weighted by atomic mass is 10.2. The molecule has 1 unspecified atom stereocenters. The second-order valence-corrected chi connectivity index (χ2v) is 5.14. The van der Waals surface area contributed by atoms with E-state index in [0.717, 1.165) is 5.92 Å². The fourth-order valence-corrected chi connectivity index (χ4v) is 2.59. The lowest BCUT2D eigenvalue weighted by Crippen LogP contribution is -1.88. The minimum Gasteiger partial charge on any atom is -0.147 e. The third-order valence-corrected chi connectivity index (χ3v) is 3.46. The molecule has 0 saturated heterocycles. The molecular weight excluding hydrogens is 163 g/mol. The molecule has 1 rings (SSSR count). The van der Waals surface area contributed by atoms with Gasteiger partial charge in [0.25, 0.3) is 0 Å². The van der Waals surface area contributed by atoms with Gasteiger partial charge in [0.2, 0.25) is 0 Å². The summed E-state index contributed by atoms with van der Waals surface area (Å²) in [5, 5.41) is 0. The van der Waals surface area contributed by atoms with Gasteiger partial charge >= 0.3 is 0 Å². The van der Waals surface area contributed by atoms with E-state index in [0.29, 0.717) is 0 Å². The number of hydrogen-bond donors (Lipinski definition) is 0. The lowest BCUT2D eigenvalue weighted by Gasteiger charge is -2.01. The van der Waals surface area contributed by atoms with Gasteiger partial charge < -0.3 is 0 Å². The molecule has 0 aromatic heterocycles. The first-order valence-corrected chi connectivity index (χ1v) is 5.31. The van der Waals surface area contributed by atoms with Gasteiger partial charge in [-0.05, 0) is 37.0 Å². The number of hydrogen-bond acceptors (Lipinski definition) is 0. The topological polar surface area (TPSA) is 0 Å². The van der Waals surface area contributed by atoms with Crippen molar-refractivity contribution in [2.45, 2.75) is 38.8 Å². The smallest absolute Gasteiger partial charge is 0.0236 e. The fourth-order valence-electron chi connectivity index (χ4n) is 0.864. The van der Waals surface area contributed by atoms with Crippen LogP contribution in [-0.4, -0.2) is 11.8 Å². The first-order chi connectivity index (χ1) is 4.29. The van der Waals surface area contributed by atoms with Gasteiger partial charge in [0.1, 0.15) is 0 Å². The highest BCUT2D eigenvalue weighted by Gasteiger charge is 2.19. The molecule has 0 spiro atoms. The number of rotatable bonds is 4. The van der Waals surface area contributed by atoms with Gasteiger partial charge in [0.15, 0.2) is 0 Å². The van der Waals surface area contributed by atoms with Gasteiger partial charge in [0.05, 0.1) is 0 Å².